The minimum absolute atomic E-state index is 0. The van der Waals surface area contributed by atoms with Crippen molar-refractivity contribution < 1.29 is 9.46 Å². The number of rotatable bonds is 5. The summed E-state index contributed by atoms with van der Waals surface area (Å²) in [4.78, 5) is 8.67. The van der Waals surface area contributed by atoms with Crippen molar-refractivity contribution in [3.8, 4) is 0 Å². The first-order chi connectivity index (χ1) is 4.68. The predicted octanol–water partition coefficient (Wildman–Crippen LogP) is 1.77. The van der Waals surface area contributed by atoms with Crippen LogP contribution in [0.3, 0.4) is 0 Å². The zero-order valence-corrected chi connectivity index (χ0v) is 7.76. The Morgan fingerprint density at radius 3 is 2.36 bits per heavy atom. The predicted molar refractivity (Wildman–Crippen MR) is 52.0 cm³/mol. The van der Waals surface area contributed by atoms with Crippen LogP contribution in [0.15, 0.2) is 0 Å². The average Bonchev–Trinajstić information content (AvgIpc) is 1.88. The second-order valence-electron chi connectivity index (χ2n) is 2.74. The van der Waals surface area contributed by atoms with Gasteiger partial charge in [0.15, 0.2) is 8.03 Å². The van der Waals surface area contributed by atoms with Crippen molar-refractivity contribution >= 4 is 37.6 Å². The van der Waals surface area contributed by atoms with Crippen molar-refractivity contribution in [2.45, 2.75) is 45.2 Å². The summed E-state index contributed by atoms with van der Waals surface area (Å²) in [5, 5.41) is 0. The van der Waals surface area contributed by atoms with Crippen LogP contribution in [0.25, 0.3) is 0 Å². The summed E-state index contributed by atoms with van der Waals surface area (Å²) in [5.74, 6) is 0. The molecule has 0 aliphatic heterocycles. The molecule has 2 atom stereocenters. The number of hydrogen-bond donors (Lipinski definition) is 1. The molecule has 4 heteroatoms. The van der Waals surface area contributed by atoms with E-state index in [1.54, 1.807) is 0 Å². The van der Waals surface area contributed by atoms with E-state index in [-0.39, 0.29) is 35.2 Å². The topological polar surface area (TPSA) is 37.3 Å². The molecule has 2 unspecified atom stereocenters. The molecule has 0 rings (SSSR count). The average molecular weight is 188 g/mol. The van der Waals surface area contributed by atoms with Gasteiger partial charge in [0.25, 0.3) is 0 Å². The first-order valence-corrected chi connectivity index (χ1v) is 5.34. The fraction of sp³-hybridized carbons (Fsp3) is 1.00. The van der Waals surface area contributed by atoms with Gasteiger partial charge in [0.05, 0.1) is 0 Å². The van der Waals surface area contributed by atoms with Crippen LogP contribution in [-0.4, -0.2) is 40.1 Å². The molecule has 0 saturated heterocycles. The van der Waals surface area contributed by atoms with E-state index < -0.39 is 8.03 Å². The molecule has 0 saturated carbocycles. The van der Waals surface area contributed by atoms with Crippen LogP contribution in [0.4, 0.5) is 0 Å². The second-order valence-corrected chi connectivity index (χ2v) is 4.40. The summed E-state index contributed by atoms with van der Waals surface area (Å²) in [7, 11) is -2.24. The molecule has 2 nitrogen and oxygen atoms in total. The van der Waals surface area contributed by atoms with Gasteiger partial charge in [0, 0.05) is 5.66 Å². The van der Waals surface area contributed by atoms with Crippen molar-refractivity contribution in [3.63, 3.8) is 0 Å². The quantitative estimate of drug-likeness (QED) is 0.405. The Bertz CT molecular complexity index is 109. The van der Waals surface area contributed by atoms with Crippen LogP contribution in [0.1, 0.15) is 39.5 Å². The molecule has 1 N–H and O–H groups in total. The van der Waals surface area contributed by atoms with Crippen LogP contribution in [-0.2, 0) is 4.57 Å². The van der Waals surface area contributed by atoms with E-state index >= 15 is 0 Å². The van der Waals surface area contributed by atoms with E-state index in [1.807, 2.05) is 6.92 Å². The SMILES string of the molecule is CCCCCC(C)[PH](=O)O.[NaH]. The van der Waals surface area contributed by atoms with Crippen molar-refractivity contribution in [3.05, 3.63) is 0 Å². The molecule has 0 aromatic heterocycles. The Morgan fingerprint density at radius 2 is 2.00 bits per heavy atom. The molecule has 64 valence electrons. The van der Waals surface area contributed by atoms with Gasteiger partial charge in [-0.05, 0) is 6.42 Å². The molecule has 0 aliphatic carbocycles. The van der Waals surface area contributed by atoms with E-state index in [0.29, 0.717) is 0 Å². The Labute approximate surface area is 91.9 Å². The van der Waals surface area contributed by atoms with Crippen LogP contribution in [0.2, 0.25) is 0 Å². The zero-order valence-electron chi connectivity index (χ0n) is 6.76. The molecule has 0 radical (unpaired) electrons. The van der Waals surface area contributed by atoms with Crippen LogP contribution in [0.5, 0.6) is 0 Å². The third kappa shape index (κ3) is 9.10. The normalized spacial score (nSPS) is 15.2. The molecule has 0 spiro atoms. The van der Waals surface area contributed by atoms with E-state index in [4.69, 9.17) is 4.89 Å². The Morgan fingerprint density at radius 1 is 1.45 bits per heavy atom. The monoisotopic (exact) mass is 188 g/mol. The molecule has 0 aromatic rings. The van der Waals surface area contributed by atoms with Crippen LogP contribution < -0.4 is 0 Å². The van der Waals surface area contributed by atoms with Crippen molar-refractivity contribution in [1.82, 2.24) is 0 Å². The Balaban J connectivity index is 0. The van der Waals surface area contributed by atoms with Crippen molar-refractivity contribution in [1.29, 1.82) is 0 Å². The fourth-order valence-electron chi connectivity index (χ4n) is 0.824. The fourth-order valence-corrected chi connectivity index (χ4v) is 1.28. The minimum atomic E-state index is -2.24. The Kier molecular flexibility index (Phi) is 12.4. The third-order valence-corrected chi connectivity index (χ3v) is 2.79. The standard InChI is InChI=1S/C7H17O2P.Na.H/c1-3-4-5-6-7(2)10(8)9;;/h7,10H,3-6H2,1-2H3,(H,8,9);;. The molecular formula is C7H18NaO2P. The third-order valence-electron chi connectivity index (χ3n) is 1.66. The van der Waals surface area contributed by atoms with Gasteiger partial charge in [-0.2, -0.15) is 0 Å². The summed E-state index contributed by atoms with van der Waals surface area (Å²) >= 11 is 0. The molecule has 0 aromatic carbocycles. The second kappa shape index (κ2) is 9.28. The maximum atomic E-state index is 10.5. The van der Waals surface area contributed by atoms with Gasteiger partial charge in [-0.25, -0.2) is 0 Å². The van der Waals surface area contributed by atoms with Gasteiger partial charge in [0.2, 0.25) is 0 Å². The van der Waals surface area contributed by atoms with Gasteiger partial charge in [0.1, 0.15) is 0 Å². The summed E-state index contributed by atoms with van der Waals surface area (Å²) in [5.41, 5.74) is 0.0246. The van der Waals surface area contributed by atoms with Crippen LogP contribution in [0, 0.1) is 0 Å². The first-order valence-electron chi connectivity index (χ1n) is 3.91. The first kappa shape index (κ1) is 14.7. The van der Waals surface area contributed by atoms with E-state index in [2.05, 4.69) is 6.92 Å². The van der Waals surface area contributed by atoms with E-state index in [9.17, 15) is 4.57 Å². The summed E-state index contributed by atoms with van der Waals surface area (Å²) in [6.45, 7) is 3.98. The molecule has 0 aliphatic rings. The number of hydrogen-bond acceptors (Lipinski definition) is 1. The van der Waals surface area contributed by atoms with Gasteiger partial charge in [-0.3, -0.25) is 4.57 Å². The molecule has 0 amide bonds. The van der Waals surface area contributed by atoms with Gasteiger partial charge >= 0.3 is 29.6 Å². The van der Waals surface area contributed by atoms with Gasteiger partial charge in [-0.15, -0.1) is 0 Å². The maximum absolute atomic E-state index is 10.5. The van der Waals surface area contributed by atoms with Crippen molar-refractivity contribution in [2.75, 3.05) is 0 Å². The molecule has 0 bridgehead atoms. The van der Waals surface area contributed by atoms with Crippen LogP contribution >= 0.6 is 8.03 Å². The summed E-state index contributed by atoms with van der Waals surface area (Å²) < 4.78 is 10.5. The van der Waals surface area contributed by atoms with E-state index in [0.717, 1.165) is 12.8 Å². The summed E-state index contributed by atoms with van der Waals surface area (Å²) in [6, 6.07) is 0. The summed E-state index contributed by atoms with van der Waals surface area (Å²) in [6.07, 6.45) is 4.36. The zero-order chi connectivity index (χ0) is 7.98. The Hall–Kier alpha value is 1.19. The molecule has 0 heterocycles. The molecular weight excluding hydrogens is 170 g/mol. The van der Waals surface area contributed by atoms with Gasteiger partial charge in [-0.1, -0.05) is 33.1 Å². The number of unbranched alkanes of at least 4 members (excludes halogenated alkanes) is 2. The van der Waals surface area contributed by atoms with Gasteiger partial charge < -0.3 is 4.89 Å². The molecule has 0 fully saturated rings. The van der Waals surface area contributed by atoms with Crippen molar-refractivity contribution in [2.24, 2.45) is 0 Å². The molecule has 11 heavy (non-hydrogen) atoms. The van der Waals surface area contributed by atoms with E-state index in [1.165, 1.54) is 12.8 Å².